The van der Waals surface area contributed by atoms with E-state index in [2.05, 4.69) is 43.5 Å². The predicted octanol–water partition coefficient (Wildman–Crippen LogP) is 9.50. The average Bonchev–Trinajstić information content (AvgIpc) is 3.18. The van der Waals surface area contributed by atoms with Gasteiger partial charge in [-0.1, -0.05) is 160 Å². The maximum atomic E-state index is 13.0. The summed E-state index contributed by atoms with van der Waals surface area (Å²) in [5.74, 6) is -0.157. The van der Waals surface area contributed by atoms with E-state index < -0.39 is 49.5 Å². The summed E-state index contributed by atoms with van der Waals surface area (Å²) in [5, 5.41) is 54.3. The molecule has 1 saturated heterocycles. The summed E-state index contributed by atoms with van der Waals surface area (Å²) in [6, 6.07) is -0.733. The van der Waals surface area contributed by atoms with E-state index in [0.717, 1.165) is 44.9 Å². The molecule has 1 rings (SSSR count). The third-order valence-electron chi connectivity index (χ3n) is 11.0. The zero-order valence-electron chi connectivity index (χ0n) is 35.4. The number of amides is 1. The molecule has 1 amide bonds. The lowest BCUT2D eigenvalue weighted by Gasteiger charge is -2.40. The Morgan fingerprint density at radius 3 is 1.47 bits per heavy atom. The zero-order chi connectivity index (χ0) is 40.2. The van der Waals surface area contributed by atoms with Gasteiger partial charge in [0.15, 0.2) is 6.29 Å². The molecule has 9 heteroatoms. The third kappa shape index (κ3) is 27.9. The monoisotopic (exact) mass is 782 g/mol. The maximum absolute atomic E-state index is 13.0. The lowest BCUT2D eigenvalue weighted by molar-refractivity contribution is -0.302. The minimum absolute atomic E-state index is 0.149. The highest BCUT2D eigenvalue weighted by Gasteiger charge is 2.44. The van der Waals surface area contributed by atoms with Crippen LogP contribution in [0.4, 0.5) is 0 Å². The molecule has 0 bridgehead atoms. The van der Waals surface area contributed by atoms with Crippen LogP contribution < -0.4 is 5.32 Å². The average molecular weight is 782 g/mol. The van der Waals surface area contributed by atoms with Crippen LogP contribution in [0.1, 0.15) is 206 Å². The zero-order valence-corrected chi connectivity index (χ0v) is 35.4. The molecule has 0 spiro atoms. The summed E-state index contributed by atoms with van der Waals surface area (Å²) in [5.41, 5.74) is 0. The van der Waals surface area contributed by atoms with Gasteiger partial charge in [-0.15, -0.1) is 0 Å². The molecule has 0 aliphatic carbocycles. The van der Waals surface area contributed by atoms with Crippen molar-refractivity contribution in [3.05, 3.63) is 24.3 Å². The van der Waals surface area contributed by atoms with Gasteiger partial charge in [-0.05, 0) is 64.2 Å². The van der Waals surface area contributed by atoms with Crippen LogP contribution in [0.25, 0.3) is 0 Å². The van der Waals surface area contributed by atoms with E-state index in [4.69, 9.17) is 9.47 Å². The molecule has 1 heterocycles. The minimum atomic E-state index is -1.56. The number of aliphatic hydroxyl groups is 5. The largest absolute Gasteiger partial charge is 0.394 e. The molecule has 1 aliphatic heterocycles. The fraction of sp³-hybridized carbons (Fsp3) is 0.891. The van der Waals surface area contributed by atoms with E-state index in [9.17, 15) is 30.3 Å². The molecule has 2 unspecified atom stereocenters. The molecule has 324 valence electrons. The van der Waals surface area contributed by atoms with E-state index in [1.54, 1.807) is 0 Å². The number of ether oxygens (including phenoxy) is 2. The van der Waals surface area contributed by atoms with E-state index >= 15 is 0 Å². The Morgan fingerprint density at radius 2 is 1.02 bits per heavy atom. The lowest BCUT2D eigenvalue weighted by Crippen LogP contribution is -2.60. The fourth-order valence-electron chi connectivity index (χ4n) is 7.27. The van der Waals surface area contributed by atoms with Gasteiger partial charge in [-0.3, -0.25) is 4.79 Å². The van der Waals surface area contributed by atoms with E-state index in [0.29, 0.717) is 12.8 Å². The molecule has 1 fully saturated rings. The second kappa shape index (κ2) is 37.0. The van der Waals surface area contributed by atoms with Crippen LogP contribution in [0, 0.1) is 0 Å². The topological polar surface area (TPSA) is 149 Å². The van der Waals surface area contributed by atoms with Crippen LogP contribution in [0.15, 0.2) is 24.3 Å². The second-order valence-electron chi connectivity index (χ2n) is 16.2. The summed E-state index contributed by atoms with van der Waals surface area (Å²) < 4.78 is 11.2. The van der Waals surface area contributed by atoms with Crippen molar-refractivity contribution in [3.8, 4) is 0 Å². The van der Waals surface area contributed by atoms with Crippen molar-refractivity contribution < 1.29 is 39.8 Å². The van der Waals surface area contributed by atoms with Crippen molar-refractivity contribution in [3.63, 3.8) is 0 Å². The molecule has 1 aliphatic rings. The first-order valence-electron chi connectivity index (χ1n) is 23.0. The van der Waals surface area contributed by atoms with Crippen LogP contribution in [-0.2, 0) is 14.3 Å². The van der Waals surface area contributed by atoms with Gasteiger partial charge < -0.3 is 40.3 Å². The number of carbonyl (C=O) groups is 1. The number of rotatable bonds is 38. The van der Waals surface area contributed by atoms with Gasteiger partial charge in [-0.2, -0.15) is 0 Å². The van der Waals surface area contributed by atoms with E-state index in [-0.39, 0.29) is 12.5 Å². The van der Waals surface area contributed by atoms with Crippen LogP contribution in [-0.4, -0.2) is 87.5 Å². The van der Waals surface area contributed by atoms with Crippen molar-refractivity contribution >= 4 is 5.91 Å². The van der Waals surface area contributed by atoms with Crippen molar-refractivity contribution in [1.29, 1.82) is 0 Å². The van der Waals surface area contributed by atoms with Gasteiger partial charge in [0.2, 0.25) is 5.91 Å². The van der Waals surface area contributed by atoms with Gasteiger partial charge in [0.05, 0.1) is 25.4 Å². The van der Waals surface area contributed by atoms with Gasteiger partial charge >= 0.3 is 0 Å². The quantitative estimate of drug-likeness (QED) is 0.0268. The normalized spacial score (nSPS) is 21.5. The van der Waals surface area contributed by atoms with Crippen LogP contribution in [0.2, 0.25) is 0 Å². The standard InChI is InChI=1S/C46H87NO8/c1-3-5-7-9-11-13-15-17-18-19-20-21-22-24-26-28-30-32-34-36-42(50)47-39(38-54-46-45(53)44(52)43(51)41(37-48)55-46)40(49)35-33-31-29-27-25-23-16-14-12-10-8-6-4-2/h17-18,25,27,39-41,43-46,48-49,51-53H,3-16,19-24,26,28-38H2,1-2H3,(H,47,50)/b18-17+,27-25+/t39-,40+,41-,43-,44?,45?,46-/m0/s1. The van der Waals surface area contributed by atoms with E-state index in [1.807, 2.05) is 0 Å². The summed E-state index contributed by atoms with van der Waals surface area (Å²) in [6.45, 7) is 3.80. The summed E-state index contributed by atoms with van der Waals surface area (Å²) in [6.07, 6.45) is 36.1. The molecule has 0 radical (unpaired) electrons. The molecule has 0 saturated carbocycles. The van der Waals surface area contributed by atoms with Crippen molar-refractivity contribution in [2.24, 2.45) is 0 Å². The van der Waals surface area contributed by atoms with Gasteiger partial charge in [0.25, 0.3) is 0 Å². The first-order valence-corrected chi connectivity index (χ1v) is 23.0. The first-order chi connectivity index (χ1) is 26.8. The number of nitrogens with one attached hydrogen (secondary N) is 1. The molecule has 9 nitrogen and oxygen atoms in total. The smallest absolute Gasteiger partial charge is 0.220 e. The van der Waals surface area contributed by atoms with Crippen LogP contribution in [0.3, 0.4) is 0 Å². The van der Waals surface area contributed by atoms with Crippen LogP contribution >= 0.6 is 0 Å². The molecule has 55 heavy (non-hydrogen) atoms. The van der Waals surface area contributed by atoms with Crippen molar-refractivity contribution in [2.75, 3.05) is 13.2 Å². The lowest BCUT2D eigenvalue weighted by atomic mass is 9.99. The number of allylic oxidation sites excluding steroid dienone is 4. The summed E-state index contributed by atoms with van der Waals surface area (Å²) >= 11 is 0. The van der Waals surface area contributed by atoms with E-state index in [1.165, 1.54) is 135 Å². The molecule has 6 N–H and O–H groups in total. The fourth-order valence-corrected chi connectivity index (χ4v) is 7.27. The Labute approximate surface area is 337 Å². The Hall–Kier alpha value is -1.33. The summed E-state index contributed by atoms with van der Waals surface area (Å²) in [7, 11) is 0. The van der Waals surface area contributed by atoms with Crippen LogP contribution in [0.5, 0.6) is 0 Å². The minimum Gasteiger partial charge on any atom is -0.394 e. The predicted molar refractivity (Wildman–Crippen MR) is 226 cm³/mol. The first kappa shape index (κ1) is 51.7. The number of hydrogen-bond acceptors (Lipinski definition) is 8. The molecule has 7 atom stereocenters. The Balaban J connectivity index is 2.32. The number of aliphatic hydroxyl groups excluding tert-OH is 5. The highest BCUT2D eigenvalue weighted by molar-refractivity contribution is 5.76. The number of unbranched alkanes of at least 4 members (excludes halogenated alkanes) is 24. The number of hydrogen-bond donors (Lipinski definition) is 6. The Kier molecular flexibility index (Phi) is 34.7. The highest BCUT2D eigenvalue weighted by atomic mass is 16.7. The van der Waals surface area contributed by atoms with Gasteiger partial charge in [0.1, 0.15) is 24.4 Å². The van der Waals surface area contributed by atoms with Gasteiger partial charge in [0, 0.05) is 6.42 Å². The highest BCUT2D eigenvalue weighted by Crippen LogP contribution is 2.23. The summed E-state index contributed by atoms with van der Waals surface area (Å²) in [4.78, 5) is 13.0. The van der Waals surface area contributed by atoms with Crippen molar-refractivity contribution in [1.82, 2.24) is 5.32 Å². The molecular weight excluding hydrogens is 695 g/mol. The number of carbonyl (C=O) groups excluding carboxylic acids is 1. The molecule has 0 aromatic heterocycles. The molecule has 0 aromatic carbocycles. The maximum Gasteiger partial charge on any atom is 0.220 e. The Morgan fingerprint density at radius 1 is 0.600 bits per heavy atom. The SMILES string of the molecule is CCCCCCCC/C=C/CCCCCCCCCCCC(=O)N[C@@H](CO[C@H]1O[C@@H](CO)[C@H](O)C(O)C1O)[C@H](O)CCCC/C=C/CCCCCCCCC. The van der Waals surface area contributed by atoms with Crippen molar-refractivity contribution in [2.45, 2.75) is 249 Å². The Bertz CT molecular complexity index is 914. The molecular formula is C46H87NO8. The second-order valence-corrected chi connectivity index (χ2v) is 16.2. The van der Waals surface area contributed by atoms with Gasteiger partial charge in [-0.25, -0.2) is 0 Å². The third-order valence-corrected chi connectivity index (χ3v) is 11.0. The molecule has 0 aromatic rings.